The van der Waals surface area contributed by atoms with Gasteiger partial charge in [0, 0.05) is 9.92 Å². The van der Waals surface area contributed by atoms with Gasteiger partial charge in [0.2, 0.25) is 0 Å². The second-order valence-electron chi connectivity index (χ2n) is 4.97. The molecule has 0 spiro atoms. The Balaban J connectivity index is 2.20. The van der Waals surface area contributed by atoms with E-state index in [0.717, 1.165) is 21.6 Å². The van der Waals surface area contributed by atoms with Crippen molar-refractivity contribution < 1.29 is 9.90 Å². The van der Waals surface area contributed by atoms with E-state index in [1.165, 1.54) is 11.8 Å². The molecule has 0 fully saturated rings. The molecular formula is C17H17ClO2S. The highest BCUT2D eigenvalue weighted by atomic mass is 35.5. The van der Waals surface area contributed by atoms with Gasteiger partial charge in [-0.1, -0.05) is 29.8 Å². The normalized spacial score (nSPS) is 12.1. The summed E-state index contributed by atoms with van der Waals surface area (Å²) in [6.45, 7) is 4.04. The first-order valence-electron chi connectivity index (χ1n) is 6.67. The molecule has 0 aliphatic heterocycles. The minimum absolute atomic E-state index is 0.508. The van der Waals surface area contributed by atoms with E-state index in [4.69, 9.17) is 11.6 Å². The molecule has 2 aromatic rings. The molecule has 2 nitrogen and oxygen atoms in total. The zero-order chi connectivity index (χ0) is 15.4. The van der Waals surface area contributed by atoms with Gasteiger partial charge >= 0.3 is 5.97 Å². The molecule has 0 amide bonds. The third-order valence-corrected chi connectivity index (χ3v) is 4.85. The van der Waals surface area contributed by atoms with Gasteiger partial charge in [-0.2, -0.15) is 0 Å². The summed E-state index contributed by atoms with van der Waals surface area (Å²) in [4.78, 5) is 12.5. The van der Waals surface area contributed by atoms with E-state index < -0.39 is 11.2 Å². The standard InChI is InChI=1S/C17H17ClO2S/c1-11-4-3-5-12(2)15(11)10-16(17(19)20)21-14-8-6-13(18)7-9-14/h3-9,16H,10H2,1-2H3,(H,19,20)/t16-/m0/s1. The van der Waals surface area contributed by atoms with Crippen molar-refractivity contribution in [2.75, 3.05) is 0 Å². The summed E-state index contributed by atoms with van der Waals surface area (Å²) in [5, 5.41) is 9.63. The molecule has 4 heteroatoms. The summed E-state index contributed by atoms with van der Waals surface area (Å²) in [5.41, 5.74) is 3.39. The lowest BCUT2D eigenvalue weighted by molar-refractivity contribution is -0.136. The van der Waals surface area contributed by atoms with Crippen LogP contribution in [0.4, 0.5) is 0 Å². The van der Waals surface area contributed by atoms with E-state index in [0.29, 0.717) is 11.4 Å². The Kier molecular flexibility index (Phi) is 5.32. The van der Waals surface area contributed by atoms with Crippen LogP contribution in [0.15, 0.2) is 47.4 Å². The van der Waals surface area contributed by atoms with Gasteiger partial charge in [0.25, 0.3) is 0 Å². The number of hydrogen-bond acceptors (Lipinski definition) is 2. The quantitative estimate of drug-likeness (QED) is 0.808. The number of aliphatic carboxylic acids is 1. The molecule has 0 bridgehead atoms. The van der Waals surface area contributed by atoms with Crippen LogP contribution in [0.5, 0.6) is 0 Å². The minimum Gasteiger partial charge on any atom is -0.480 e. The van der Waals surface area contributed by atoms with Crippen LogP contribution in [-0.2, 0) is 11.2 Å². The number of halogens is 1. The van der Waals surface area contributed by atoms with Gasteiger partial charge in [-0.25, -0.2) is 0 Å². The van der Waals surface area contributed by atoms with Crippen LogP contribution in [-0.4, -0.2) is 16.3 Å². The molecule has 2 rings (SSSR count). The van der Waals surface area contributed by atoms with Crippen LogP contribution >= 0.6 is 23.4 Å². The first-order valence-corrected chi connectivity index (χ1v) is 7.93. The van der Waals surface area contributed by atoms with E-state index in [9.17, 15) is 9.90 Å². The zero-order valence-corrected chi connectivity index (χ0v) is 13.5. The molecule has 0 unspecified atom stereocenters. The lowest BCUT2D eigenvalue weighted by Crippen LogP contribution is -2.20. The molecule has 1 atom stereocenters. The van der Waals surface area contributed by atoms with Gasteiger partial charge in [-0.05, 0) is 61.2 Å². The Morgan fingerprint density at radius 2 is 1.71 bits per heavy atom. The van der Waals surface area contributed by atoms with Crippen LogP contribution in [0.1, 0.15) is 16.7 Å². The molecule has 0 aromatic heterocycles. The van der Waals surface area contributed by atoms with Crippen molar-refractivity contribution in [3.63, 3.8) is 0 Å². The maximum absolute atomic E-state index is 11.6. The van der Waals surface area contributed by atoms with Gasteiger partial charge in [0.05, 0.1) is 0 Å². The monoisotopic (exact) mass is 320 g/mol. The van der Waals surface area contributed by atoms with E-state index in [-0.39, 0.29) is 0 Å². The second kappa shape index (κ2) is 7.01. The Morgan fingerprint density at radius 1 is 1.14 bits per heavy atom. The SMILES string of the molecule is Cc1cccc(C)c1C[C@H](Sc1ccc(Cl)cc1)C(=O)O. The number of aryl methyl sites for hydroxylation is 2. The molecule has 0 saturated heterocycles. The molecule has 0 radical (unpaired) electrons. The number of benzene rings is 2. The number of hydrogen-bond donors (Lipinski definition) is 1. The maximum Gasteiger partial charge on any atom is 0.317 e. The van der Waals surface area contributed by atoms with Gasteiger partial charge < -0.3 is 5.11 Å². The van der Waals surface area contributed by atoms with Crippen molar-refractivity contribution in [1.29, 1.82) is 0 Å². The first-order chi connectivity index (χ1) is 9.97. The molecule has 0 heterocycles. The van der Waals surface area contributed by atoms with Gasteiger partial charge in [-0.15, -0.1) is 11.8 Å². The van der Waals surface area contributed by atoms with Crippen molar-refractivity contribution in [2.24, 2.45) is 0 Å². The molecule has 1 N–H and O–H groups in total. The number of rotatable bonds is 5. The Bertz CT molecular complexity index is 617. The van der Waals surface area contributed by atoms with E-state index in [1.807, 2.05) is 44.2 Å². The highest BCUT2D eigenvalue weighted by Crippen LogP contribution is 2.29. The minimum atomic E-state index is -0.794. The molecular weight excluding hydrogens is 304 g/mol. The molecule has 110 valence electrons. The average molecular weight is 321 g/mol. The van der Waals surface area contributed by atoms with Crippen molar-refractivity contribution in [3.8, 4) is 0 Å². The summed E-state index contributed by atoms with van der Waals surface area (Å²) in [6, 6.07) is 13.3. The van der Waals surface area contributed by atoms with E-state index >= 15 is 0 Å². The van der Waals surface area contributed by atoms with Crippen LogP contribution in [0, 0.1) is 13.8 Å². The third-order valence-electron chi connectivity index (χ3n) is 3.40. The predicted molar refractivity (Wildman–Crippen MR) is 88.4 cm³/mol. The van der Waals surface area contributed by atoms with Crippen LogP contribution in [0.25, 0.3) is 0 Å². The predicted octanol–water partition coefficient (Wildman–Crippen LogP) is 4.74. The molecule has 2 aromatic carbocycles. The summed E-state index contributed by atoms with van der Waals surface area (Å²) >= 11 is 7.22. The fourth-order valence-corrected chi connectivity index (χ4v) is 3.31. The van der Waals surface area contributed by atoms with E-state index in [1.54, 1.807) is 12.1 Å². The van der Waals surface area contributed by atoms with Gasteiger partial charge in [0.1, 0.15) is 5.25 Å². The maximum atomic E-state index is 11.6. The van der Waals surface area contributed by atoms with Crippen LogP contribution in [0.3, 0.4) is 0 Å². The lowest BCUT2D eigenvalue weighted by atomic mass is 9.98. The summed E-state index contributed by atoms with van der Waals surface area (Å²) in [6.07, 6.45) is 0.515. The van der Waals surface area contributed by atoms with Gasteiger partial charge in [0.15, 0.2) is 0 Å². The van der Waals surface area contributed by atoms with Crippen molar-refractivity contribution in [2.45, 2.75) is 30.4 Å². The highest BCUT2D eigenvalue weighted by molar-refractivity contribution is 8.00. The molecule has 21 heavy (non-hydrogen) atoms. The van der Waals surface area contributed by atoms with Crippen molar-refractivity contribution in [3.05, 3.63) is 64.2 Å². The average Bonchev–Trinajstić information content (AvgIpc) is 2.43. The van der Waals surface area contributed by atoms with Crippen LogP contribution in [0.2, 0.25) is 5.02 Å². The Labute approximate surface area is 134 Å². The molecule has 0 aliphatic rings. The number of carboxylic acid groups (broad SMARTS) is 1. The Morgan fingerprint density at radius 3 is 2.24 bits per heavy atom. The van der Waals surface area contributed by atoms with Crippen molar-refractivity contribution >= 4 is 29.3 Å². The number of carboxylic acids is 1. The third kappa shape index (κ3) is 4.26. The molecule has 0 aliphatic carbocycles. The van der Waals surface area contributed by atoms with Gasteiger partial charge in [-0.3, -0.25) is 4.79 Å². The summed E-state index contributed by atoms with van der Waals surface area (Å²) in [5.74, 6) is -0.794. The largest absolute Gasteiger partial charge is 0.480 e. The number of thioether (sulfide) groups is 1. The smallest absolute Gasteiger partial charge is 0.317 e. The molecule has 0 saturated carbocycles. The zero-order valence-electron chi connectivity index (χ0n) is 12.0. The summed E-state index contributed by atoms with van der Waals surface area (Å²) < 4.78 is 0. The van der Waals surface area contributed by atoms with E-state index in [2.05, 4.69) is 0 Å². The fraction of sp³-hybridized carbons (Fsp3) is 0.235. The number of carbonyl (C=O) groups is 1. The topological polar surface area (TPSA) is 37.3 Å². The lowest BCUT2D eigenvalue weighted by Gasteiger charge is -2.16. The second-order valence-corrected chi connectivity index (χ2v) is 6.69. The fourth-order valence-electron chi connectivity index (χ4n) is 2.21. The highest BCUT2D eigenvalue weighted by Gasteiger charge is 2.21. The first kappa shape index (κ1) is 15.9. The summed E-state index contributed by atoms with van der Waals surface area (Å²) in [7, 11) is 0. The van der Waals surface area contributed by atoms with Crippen LogP contribution < -0.4 is 0 Å². The van der Waals surface area contributed by atoms with Crippen molar-refractivity contribution in [1.82, 2.24) is 0 Å². The Hall–Kier alpha value is -1.45.